The van der Waals surface area contributed by atoms with Crippen molar-refractivity contribution in [2.24, 2.45) is 11.8 Å². The number of para-hydroxylation sites is 1. The molecule has 2 rings (SSSR count). The van der Waals surface area contributed by atoms with Crippen molar-refractivity contribution in [3.8, 4) is 0 Å². The average Bonchev–Trinajstić information content (AvgIpc) is 2.37. The van der Waals surface area contributed by atoms with Crippen LogP contribution in [-0.2, 0) is 6.18 Å². The molecule has 6 heteroatoms. The van der Waals surface area contributed by atoms with E-state index in [1.165, 1.54) is 12.1 Å². The van der Waals surface area contributed by atoms with E-state index in [4.69, 9.17) is 12.2 Å². The summed E-state index contributed by atoms with van der Waals surface area (Å²) in [4.78, 5) is 1.96. The Hall–Kier alpha value is -1.30. The van der Waals surface area contributed by atoms with Crippen molar-refractivity contribution in [3.05, 3.63) is 29.8 Å². The summed E-state index contributed by atoms with van der Waals surface area (Å²) in [5.41, 5.74) is -0.675. The van der Waals surface area contributed by atoms with Crippen LogP contribution in [-0.4, -0.2) is 23.1 Å². The summed E-state index contributed by atoms with van der Waals surface area (Å²) in [5.74, 6) is 0.984. The van der Waals surface area contributed by atoms with Gasteiger partial charge in [-0.25, -0.2) is 0 Å². The van der Waals surface area contributed by atoms with Gasteiger partial charge in [-0.05, 0) is 42.6 Å². The molecule has 0 saturated carbocycles. The fraction of sp³-hybridized carbons (Fsp3) is 0.533. The zero-order valence-corrected chi connectivity index (χ0v) is 12.9. The Kier molecular flexibility index (Phi) is 4.76. The van der Waals surface area contributed by atoms with E-state index in [9.17, 15) is 13.2 Å². The molecule has 1 aromatic rings. The number of halogens is 3. The van der Waals surface area contributed by atoms with Gasteiger partial charge in [0.05, 0.1) is 11.3 Å². The van der Waals surface area contributed by atoms with E-state index < -0.39 is 11.7 Å². The molecular formula is C15H19F3N2S. The van der Waals surface area contributed by atoms with Crippen molar-refractivity contribution >= 4 is 23.0 Å². The minimum atomic E-state index is -4.39. The number of hydrogen-bond acceptors (Lipinski definition) is 1. The van der Waals surface area contributed by atoms with Crippen LogP contribution in [0.1, 0.15) is 25.8 Å². The average molecular weight is 316 g/mol. The van der Waals surface area contributed by atoms with Crippen LogP contribution in [0.2, 0.25) is 0 Å². The van der Waals surface area contributed by atoms with Gasteiger partial charge in [0.1, 0.15) is 0 Å². The third-order valence-electron chi connectivity index (χ3n) is 3.63. The number of thiocarbonyl (C=S) groups is 1. The third kappa shape index (κ3) is 4.09. The number of alkyl halides is 3. The molecule has 0 amide bonds. The Balaban J connectivity index is 2.13. The van der Waals surface area contributed by atoms with E-state index in [1.54, 1.807) is 6.07 Å². The largest absolute Gasteiger partial charge is 0.418 e. The molecule has 2 unspecified atom stereocenters. The molecule has 1 N–H and O–H groups in total. The van der Waals surface area contributed by atoms with Gasteiger partial charge in [-0.3, -0.25) is 0 Å². The summed E-state index contributed by atoms with van der Waals surface area (Å²) in [7, 11) is 0. The predicted molar refractivity (Wildman–Crippen MR) is 82.2 cm³/mol. The lowest BCUT2D eigenvalue weighted by Crippen LogP contribution is -2.44. The van der Waals surface area contributed by atoms with Crippen LogP contribution in [0.3, 0.4) is 0 Å². The van der Waals surface area contributed by atoms with Crippen LogP contribution in [0, 0.1) is 11.8 Å². The van der Waals surface area contributed by atoms with Gasteiger partial charge in [0.25, 0.3) is 0 Å². The monoisotopic (exact) mass is 316 g/mol. The molecule has 1 aliphatic rings. The molecule has 0 bridgehead atoms. The van der Waals surface area contributed by atoms with Crippen LogP contribution >= 0.6 is 12.2 Å². The Bertz CT molecular complexity index is 506. The topological polar surface area (TPSA) is 15.3 Å². The normalized spacial score (nSPS) is 23.0. The lowest BCUT2D eigenvalue weighted by Gasteiger charge is -2.36. The maximum Gasteiger partial charge on any atom is 0.418 e. The number of likely N-dealkylation sites (tertiary alicyclic amines) is 1. The van der Waals surface area contributed by atoms with Gasteiger partial charge >= 0.3 is 6.18 Å². The highest BCUT2D eigenvalue weighted by Crippen LogP contribution is 2.34. The summed E-state index contributed by atoms with van der Waals surface area (Å²) in [5, 5.41) is 3.13. The molecule has 2 atom stereocenters. The summed E-state index contributed by atoms with van der Waals surface area (Å²) < 4.78 is 38.9. The van der Waals surface area contributed by atoms with Gasteiger partial charge in [0, 0.05) is 13.1 Å². The fourth-order valence-electron chi connectivity index (χ4n) is 2.86. The SMILES string of the molecule is CC1CC(C)CN(C(=S)Nc2ccccc2C(F)(F)F)C1. The Morgan fingerprint density at radius 2 is 1.76 bits per heavy atom. The van der Waals surface area contributed by atoms with Crippen LogP contribution in [0.4, 0.5) is 18.9 Å². The first kappa shape index (κ1) is 16.1. The number of piperidine rings is 1. The van der Waals surface area contributed by atoms with Crippen molar-refractivity contribution < 1.29 is 13.2 Å². The van der Waals surface area contributed by atoms with Crippen molar-refractivity contribution in [3.63, 3.8) is 0 Å². The zero-order chi connectivity index (χ0) is 15.6. The van der Waals surface area contributed by atoms with Crippen molar-refractivity contribution in [2.45, 2.75) is 26.4 Å². The molecule has 1 saturated heterocycles. The van der Waals surface area contributed by atoms with Crippen molar-refractivity contribution in [1.82, 2.24) is 4.90 Å². The minimum absolute atomic E-state index is 0.0147. The van der Waals surface area contributed by atoms with Crippen LogP contribution in [0.5, 0.6) is 0 Å². The van der Waals surface area contributed by atoms with E-state index in [-0.39, 0.29) is 5.69 Å². The molecule has 21 heavy (non-hydrogen) atoms. The molecule has 1 aromatic carbocycles. The molecule has 116 valence electrons. The first-order valence-electron chi connectivity index (χ1n) is 6.99. The number of anilines is 1. The maximum atomic E-state index is 13.0. The highest BCUT2D eigenvalue weighted by atomic mass is 32.1. The highest BCUT2D eigenvalue weighted by molar-refractivity contribution is 7.80. The first-order valence-corrected chi connectivity index (χ1v) is 7.40. The predicted octanol–water partition coefficient (Wildman–Crippen LogP) is 4.38. The van der Waals surface area contributed by atoms with Gasteiger partial charge in [-0.2, -0.15) is 13.2 Å². The van der Waals surface area contributed by atoms with Gasteiger partial charge in [0.15, 0.2) is 5.11 Å². The van der Waals surface area contributed by atoms with Gasteiger partial charge in [0.2, 0.25) is 0 Å². The maximum absolute atomic E-state index is 13.0. The number of rotatable bonds is 1. The Morgan fingerprint density at radius 3 is 2.33 bits per heavy atom. The third-order valence-corrected chi connectivity index (χ3v) is 3.99. The lowest BCUT2D eigenvalue weighted by atomic mass is 9.92. The molecule has 2 nitrogen and oxygen atoms in total. The van der Waals surface area contributed by atoms with Crippen molar-refractivity contribution in [2.75, 3.05) is 18.4 Å². The molecule has 0 spiro atoms. The summed E-state index contributed by atoms with van der Waals surface area (Å²) >= 11 is 5.29. The summed E-state index contributed by atoms with van der Waals surface area (Å²) in [6, 6.07) is 5.42. The molecule has 0 radical (unpaired) electrons. The minimum Gasteiger partial charge on any atom is -0.348 e. The van der Waals surface area contributed by atoms with E-state index >= 15 is 0 Å². The molecule has 1 heterocycles. The first-order chi connectivity index (χ1) is 9.77. The molecule has 0 aliphatic carbocycles. The number of nitrogens with one attached hydrogen (secondary N) is 1. The molecule has 1 fully saturated rings. The van der Waals surface area contributed by atoms with Gasteiger partial charge in [-0.1, -0.05) is 26.0 Å². The second-order valence-electron chi connectivity index (χ2n) is 5.82. The number of nitrogens with zero attached hydrogens (tertiary/aromatic N) is 1. The Morgan fingerprint density at radius 1 is 1.19 bits per heavy atom. The van der Waals surface area contributed by atoms with E-state index in [0.29, 0.717) is 16.9 Å². The fourth-order valence-corrected chi connectivity index (χ4v) is 3.12. The molecule has 0 aromatic heterocycles. The molecule has 1 aliphatic heterocycles. The van der Waals surface area contributed by atoms with E-state index in [0.717, 1.165) is 25.6 Å². The number of benzene rings is 1. The van der Waals surface area contributed by atoms with Crippen LogP contribution in [0.15, 0.2) is 24.3 Å². The summed E-state index contributed by atoms with van der Waals surface area (Å²) in [6.07, 6.45) is -3.26. The van der Waals surface area contributed by atoms with E-state index in [2.05, 4.69) is 19.2 Å². The second kappa shape index (κ2) is 6.22. The standard InChI is InChI=1S/C15H19F3N2S/c1-10-7-11(2)9-20(8-10)14(21)19-13-6-4-3-5-12(13)15(16,17)18/h3-6,10-11H,7-9H2,1-2H3,(H,19,21). The van der Waals surface area contributed by atoms with Gasteiger partial charge < -0.3 is 10.2 Å². The zero-order valence-electron chi connectivity index (χ0n) is 12.1. The van der Waals surface area contributed by atoms with Crippen molar-refractivity contribution in [1.29, 1.82) is 0 Å². The van der Waals surface area contributed by atoms with Gasteiger partial charge in [-0.15, -0.1) is 0 Å². The number of hydrogen-bond donors (Lipinski definition) is 1. The highest BCUT2D eigenvalue weighted by Gasteiger charge is 2.33. The quantitative estimate of drug-likeness (QED) is 0.774. The lowest BCUT2D eigenvalue weighted by molar-refractivity contribution is -0.136. The second-order valence-corrected chi connectivity index (χ2v) is 6.21. The molecular weight excluding hydrogens is 297 g/mol. The summed E-state index contributed by atoms with van der Waals surface area (Å²) in [6.45, 7) is 5.83. The van der Waals surface area contributed by atoms with Crippen LogP contribution in [0.25, 0.3) is 0 Å². The smallest absolute Gasteiger partial charge is 0.348 e. The van der Waals surface area contributed by atoms with E-state index in [1.807, 2.05) is 4.90 Å². The van der Waals surface area contributed by atoms with Crippen LogP contribution < -0.4 is 5.32 Å². The Labute approximate surface area is 128 Å².